The Kier molecular flexibility index (Phi) is 56.4. The summed E-state index contributed by atoms with van der Waals surface area (Å²) in [4.78, 5) is 38.2. The molecule has 1 atom stereocenters. The molecule has 410 valence electrons. The Labute approximate surface area is 444 Å². The van der Waals surface area contributed by atoms with Gasteiger partial charge >= 0.3 is 17.9 Å². The van der Waals surface area contributed by atoms with Crippen molar-refractivity contribution in [1.29, 1.82) is 0 Å². The van der Waals surface area contributed by atoms with Crippen molar-refractivity contribution in [1.82, 2.24) is 0 Å². The lowest BCUT2D eigenvalue weighted by molar-refractivity contribution is -0.166. The van der Waals surface area contributed by atoms with E-state index in [1.165, 1.54) is 135 Å². The standard InChI is InChI=1S/C66H110O6/c1-4-7-10-13-16-19-22-25-27-29-31-32-33-34-35-37-38-41-44-47-50-53-56-59-65(68)71-62-63(61-70-64(67)58-55-52-49-46-43-40-24-21-18-15-12-9-6-3)72-66(69)60-57-54-51-48-45-42-39-36-30-28-26-23-20-17-14-11-8-5-2/h7,9-10,12,16,18-19,21,25,27-28,30-32,40,43,49,52,63H,4-6,8,11,13-15,17,20,22-24,26,29,33-39,41-42,44-48,50-51,53-62H2,1-3H3/b10-7-,12-9-,19-16-,21-18-,27-25-,30-28-,32-31-,43-40-,52-49-. The van der Waals surface area contributed by atoms with Crippen LogP contribution in [0, 0.1) is 0 Å². The summed E-state index contributed by atoms with van der Waals surface area (Å²) in [5.41, 5.74) is 0. The zero-order valence-electron chi connectivity index (χ0n) is 46.9. The lowest BCUT2D eigenvalue weighted by Crippen LogP contribution is -2.30. The summed E-state index contributed by atoms with van der Waals surface area (Å²) in [5.74, 6) is -0.995. The zero-order valence-corrected chi connectivity index (χ0v) is 46.9. The van der Waals surface area contributed by atoms with E-state index in [0.717, 1.165) is 89.9 Å². The minimum Gasteiger partial charge on any atom is -0.462 e. The number of unbranched alkanes of at least 4 members (excludes halogenated alkanes) is 24. The van der Waals surface area contributed by atoms with E-state index in [4.69, 9.17) is 14.2 Å². The van der Waals surface area contributed by atoms with Gasteiger partial charge in [-0.25, -0.2) is 0 Å². The molecule has 0 heterocycles. The van der Waals surface area contributed by atoms with Crippen LogP contribution in [0.4, 0.5) is 0 Å². The molecule has 6 heteroatoms. The Morgan fingerprint density at radius 1 is 0.292 bits per heavy atom. The highest BCUT2D eigenvalue weighted by atomic mass is 16.6. The predicted octanol–water partition coefficient (Wildman–Crippen LogP) is 20.3. The van der Waals surface area contributed by atoms with Crippen LogP contribution in [-0.2, 0) is 28.6 Å². The van der Waals surface area contributed by atoms with Crippen LogP contribution < -0.4 is 0 Å². The normalized spacial score (nSPS) is 12.9. The summed E-state index contributed by atoms with van der Waals surface area (Å²) in [7, 11) is 0. The SMILES string of the molecule is CC/C=C\C/C=C\C/C=C\C/C=C\CCCCCCCCCCCCC(=O)OCC(COC(=O)CC/C=C\C/C=C\C/C=C\C/C=C\CC)OC(=O)CCCCCCCCC/C=C\CCCCCCCCC. The Hall–Kier alpha value is -3.93. The van der Waals surface area contributed by atoms with E-state index in [1.807, 2.05) is 6.08 Å². The van der Waals surface area contributed by atoms with Gasteiger partial charge in [-0.1, -0.05) is 252 Å². The second-order valence-corrected chi connectivity index (χ2v) is 19.5. The Morgan fingerprint density at radius 3 is 0.944 bits per heavy atom. The van der Waals surface area contributed by atoms with Gasteiger partial charge in [-0.05, 0) is 109 Å². The van der Waals surface area contributed by atoms with Gasteiger partial charge in [0.25, 0.3) is 0 Å². The molecule has 0 rings (SSSR count). The van der Waals surface area contributed by atoms with Crippen molar-refractivity contribution >= 4 is 17.9 Å². The number of hydrogen-bond donors (Lipinski definition) is 0. The number of ether oxygens (including phenoxy) is 3. The maximum absolute atomic E-state index is 12.9. The molecule has 0 aliphatic heterocycles. The number of esters is 3. The van der Waals surface area contributed by atoms with E-state index in [0.29, 0.717) is 19.3 Å². The van der Waals surface area contributed by atoms with Crippen LogP contribution in [0.15, 0.2) is 109 Å². The summed E-state index contributed by atoms with van der Waals surface area (Å²) >= 11 is 0. The van der Waals surface area contributed by atoms with Crippen LogP contribution in [0.3, 0.4) is 0 Å². The van der Waals surface area contributed by atoms with Crippen molar-refractivity contribution in [3.8, 4) is 0 Å². The average molecular weight is 1000 g/mol. The number of hydrogen-bond acceptors (Lipinski definition) is 6. The molecule has 6 nitrogen and oxygen atoms in total. The van der Waals surface area contributed by atoms with Gasteiger partial charge in [0, 0.05) is 19.3 Å². The van der Waals surface area contributed by atoms with Crippen LogP contribution in [0.2, 0.25) is 0 Å². The van der Waals surface area contributed by atoms with Gasteiger partial charge in [0.15, 0.2) is 6.10 Å². The highest BCUT2D eigenvalue weighted by Crippen LogP contribution is 2.15. The molecule has 0 aliphatic carbocycles. The van der Waals surface area contributed by atoms with Gasteiger partial charge < -0.3 is 14.2 Å². The molecular formula is C66H110O6. The number of carbonyl (C=O) groups excluding carboxylic acids is 3. The molecule has 0 aliphatic rings. The maximum Gasteiger partial charge on any atom is 0.306 e. The third-order valence-corrected chi connectivity index (χ3v) is 12.5. The third kappa shape index (κ3) is 57.0. The zero-order chi connectivity index (χ0) is 52.2. The molecule has 1 unspecified atom stereocenters. The van der Waals surface area contributed by atoms with E-state index in [9.17, 15) is 14.4 Å². The fraction of sp³-hybridized carbons (Fsp3) is 0.682. The number of rotatable bonds is 53. The smallest absolute Gasteiger partial charge is 0.306 e. The molecule has 0 spiro atoms. The largest absolute Gasteiger partial charge is 0.462 e. The molecular weight excluding hydrogens is 889 g/mol. The Balaban J connectivity index is 4.40. The molecule has 0 saturated heterocycles. The molecule has 0 amide bonds. The summed E-state index contributed by atoms with van der Waals surface area (Å²) in [5, 5.41) is 0. The quantitative estimate of drug-likeness (QED) is 0.0261. The van der Waals surface area contributed by atoms with Crippen LogP contribution in [0.1, 0.15) is 271 Å². The van der Waals surface area contributed by atoms with Gasteiger partial charge in [-0.3, -0.25) is 14.4 Å². The summed E-state index contributed by atoms with van der Waals surface area (Å²) in [6, 6.07) is 0. The first-order valence-corrected chi connectivity index (χ1v) is 29.9. The fourth-order valence-electron chi connectivity index (χ4n) is 8.09. The topological polar surface area (TPSA) is 78.9 Å². The molecule has 0 aromatic heterocycles. The van der Waals surface area contributed by atoms with Crippen LogP contribution in [0.25, 0.3) is 0 Å². The summed E-state index contributed by atoms with van der Waals surface area (Å²) < 4.78 is 16.8. The van der Waals surface area contributed by atoms with Crippen molar-refractivity contribution in [2.75, 3.05) is 13.2 Å². The first kappa shape index (κ1) is 68.1. The van der Waals surface area contributed by atoms with Gasteiger partial charge in [0.1, 0.15) is 13.2 Å². The van der Waals surface area contributed by atoms with Crippen LogP contribution >= 0.6 is 0 Å². The van der Waals surface area contributed by atoms with E-state index in [-0.39, 0.29) is 37.5 Å². The molecule has 0 N–H and O–H groups in total. The maximum atomic E-state index is 12.9. The van der Waals surface area contributed by atoms with E-state index in [2.05, 4.69) is 124 Å². The van der Waals surface area contributed by atoms with Gasteiger partial charge in [0.05, 0.1) is 0 Å². The molecule has 0 aromatic carbocycles. The monoisotopic (exact) mass is 999 g/mol. The Bertz CT molecular complexity index is 1470. The van der Waals surface area contributed by atoms with Crippen molar-refractivity contribution in [3.05, 3.63) is 109 Å². The van der Waals surface area contributed by atoms with E-state index >= 15 is 0 Å². The third-order valence-electron chi connectivity index (χ3n) is 12.5. The average Bonchev–Trinajstić information content (AvgIpc) is 3.38. The highest BCUT2D eigenvalue weighted by Gasteiger charge is 2.19. The Morgan fingerprint density at radius 2 is 0.569 bits per heavy atom. The van der Waals surface area contributed by atoms with Gasteiger partial charge in [-0.2, -0.15) is 0 Å². The molecule has 0 saturated carbocycles. The second-order valence-electron chi connectivity index (χ2n) is 19.5. The first-order valence-electron chi connectivity index (χ1n) is 29.9. The number of allylic oxidation sites excluding steroid dienone is 18. The molecule has 0 radical (unpaired) electrons. The fourth-order valence-corrected chi connectivity index (χ4v) is 8.09. The molecule has 0 fully saturated rings. The van der Waals surface area contributed by atoms with Crippen molar-refractivity contribution in [3.63, 3.8) is 0 Å². The minimum atomic E-state index is -0.813. The first-order chi connectivity index (χ1) is 35.5. The minimum absolute atomic E-state index is 0.105. The second kappa shape index (κ2) is 59.6. The lowest BCUT2D eigenvalue weighted by atomic mass is 10.1. The molecule has 0 bridgehead atoms. The van der Waals surface area contributed by atoms with Gasteiger partial charge in [0.2, 0.25) is 0 Å². The lowest BCUT2D eigenvalue weighted by Gasteiger charge is -2.18. The van der Waals surface area contributed by atoms with E-state index < -0.39 is 6.10 Å². The van der Waals surface area contributed by atoms with E-state index in [1.54, 1.807) is 0 Å². The number of carbonyl (C=O) groups is 3. The van der Waals surface area contributed by atoms with Crippen molar-refractivity contribution in [2.45, 2.75) is 277 Å². The van der Waals surface area contributed by atoms with Gasteiger partial charge in [-0.15, -0.1) is 0 Å². The van der Waals surface area contributed by atoms with Crippen molar-refractivity contribution < 1.29 is 28.6 Å². The van der Waals surface area contributed by atoms with Crippen LogP contribution in [0.5, 0.6) is 0 Å². The summed E-state index contributed by atoms with van der Waals surface area (Å²) in [6.45, 7) is 6.35. The highest BCUT2D eigenvalue weighted by molar-refractivity contribution is 5.71. The van der Waals surface area contributed by atoms with Crippen molar-refractivity contribution in [2.24, 2.45) is 0 Å². The predicted molar refractivity (Wildman–Crippen MR) is 311 cm³/mol. The molecule has 0 aromatic rings. The van der Waals surface area contributed by atoms with Crippen LogP contribution in [-0.4, -0.2) is 37.2 Å². The molecule has 72 heavy (non-hydrogen) atoms. The summed E-state index contributed by atoms with van der Waals surface area (Å²) in [6.07, 6.45) is 81.0.